The fraction of sp³-hybridized carbons (Fsp3) is 0.383. The molecule has 0 aliphatic carbocycles. The van der Waals surface area contributed by atoms with Gasteiger partial charge in [-0.15, -0.1) is 0 Å². The van der Waals surface area contributed by atoms with Gasteiger partial charge < -0.3 is 28.8 Å². The highest BCUT2D eigenvalue weighted by Gasteiger charge is 2.44. The zero-order valence-corrected chi connectivity index (χ0v) is 36.2. The number of ether oxygens (including phenoxy) is 4. The van der Waals surface area contributed by atoms with E-state index in [1.54, 1.807) is 40.3 Å². The molecule has 0 spiro atoms. The lowest BCUT2D eigenvalue weighted by Gasteiger charge is -2.40. The Morgan fingerprint density at radius 3 is 1.86 bits per heavy atom. The zero-order chi connectivity index (χ0) is 42.1. The lowest BCUT2D eigenvalue weighted by Crippen LogP contribution is -2.39. The number of nitrogens with zero attached hydrogens (tertiary/aromatic N) is 3. The molecule has 5 aromatic rings. The van der Waals surface area contributed by atoms with E-state index in [2.05, 4.69) is 79.1 Å². The molecular formula is C47H57N4O7P. The van der Waals surface area contributed by atoms with Crippen molar-refractivity contribution in [2.75, 3.05) is 26.1 Å². The number of rotatable bonds is 18. The summed E-state index contributed by atoms with van der Waals surface area (Å²) in [5.74, 6) is 1.15. The van der Waals surface area contributed by atoms with Gasteiger partial charge in [-0.2, -0.15) is 4.98 Å². The molecule has 0 bridgehead atoms. The number of amides is 1. The Labute approximate surface area is 349 Å². The van der Waals surface area contributed by atoms with E-state index in [0.29, 0.717) is 12.6 Å². The predicted octanol–water partition coefficient (Wildman–Crippen LogP) is 9.17. The standard InChI is InChI=1S/C47H57N4O7P/c1-32(2)45(52)48-43-27-28-50(46(53)49-43)44-29-41(58-59(51(33(3)4)34(5)6)31-35-15-11-9-12-16-35)42(57-44)30-56-47(36-17-13-10-14-18-36,37-19-23-39(54-7)24-20-37)38-21-25-40(55-8)26-22-38/h9-28,32-34,41-42,44H,29-31H2,1-8H3,(H,48,49,52,53)/t41-,42+,44+,59?/m0/s1. The van der Waals surface area contributed by atoms with E-state index in [0.717, 1.165) is 28.2 Å². The number of carbonyl (C=O) groups excluding carboxylic acids is 1. The number of hydrogen-bond donors (Lipinski definition) is 1. The molecule has 0 saturated carbocycles. The minimum atomic E-state index is -1.20. The Balaban J connectivity index is 1.42. The minimum absolute atomic E-state index is 0.108. The van der Waals surface area contributed by atoms with Crippen LogP contribution in [0.5, 0.6) is 11.5 Å². The number of benzene rings is 4. The van der Waals surface area contributed by atoms with Crippen LogP contribution in [-0.2, 0) is 30.6 Å². The van der Waals surface area contributed by atoms with Crippen molar-refractivity contribution in [3.05, 3.63) is 154 Å². The summed E-state index contributed by atoms with van der Waals surface area (Å²) in [6, 6.07) is 38.4. The first kappa shape index (κ1) is 43.7. The van der Waals surface area contributed by atoms with Crippen LogP contribution >= 0.6 is 8.30 Å². The van der Waals surface area contributed by atoms with Crippen molar-refractivity contribution < 1.29 is 28.3 Å². The molecule has 0 radical (unpaired) electrons. The van der Waals surface area contributed by atoms with Gasteiger partial charge in [0.1, 0.15) is 43.5 Å². The predicted molar refractivity (Wildman–Crippen MR) is 233 cm³/mol. The summed E-state index contributed by atoms with van der Waals surface area (Å²) in [6.45, 7) is 12.5. The SMILES string of the molecule is COc1ccc(C(OC[C@H]2O[C@@H](n3ccc(NC(=O)C(C)C)nc3=O)C[C@@H]2OP(Cc2ccccc2)N(C(C)C)C(C)C)(c2ccccc2)c2ccc(OC)cc2)cc1. The third-order valence-electron chi connectivity index (χ3n) is 10.5. The van der Waals surface area contributed by atoms with Crippen molar-refractivity contribution >= 4 is 20.0 Å². The van der Waals surface area contributed by atoms with Gasteiger partial charge in [-0.25, -0.2) is 4.79 Å². The molecule has 12 heteroatoms. The molecule has 1 aromatic heterocycles. The molecule has 4 atom stereocenters. The lowest BCUT2D eigenvalue weighted by molar-refractivity contribution is -0.118. The van der Waals surface area contributed by atoms with Gasteiger partial charge >= 0.3 is 5.69 Å². The normalized spacial score (nSPS) is 17.5. The van der Waals surface area contributed by atoms with Crippen molar-refractivity contribution in [3.63, 3.8) is 0 Å². The van der Waals surface area contributed by atoms with E-state index in [1.807, 2.05) is 72.8 Å². The van der Waals surface area contributed by atoms with Crippen LogP contribution in [0.2, 0.25) is 0 Å². The second kappa shape index (κ2) is 19.9. The number of methoxy groups -OCH3 is 2. The largest absolute Gasteiger partial charge is 0.497 e. The molecule has 59 heavy (non-hydrogen) atoms. The van der Waals surface area contributed by atoms with Crippen LogP contribution in [0.1, 0.15) is 76.4 Å². The van der Waals surface area contributed by atoms with Crippen LogP contribution in [0.3, 0.4) is 0 Å². The van der Waals surface area contributed by atoms with Crippen LogP contribution in [0.4, 0.5) is 5.82 Å². The third kappa shape index (κ3) is 10.3. The Morgan fingerprint density at radius 2 is 1.36 bits per heavy atom. The average Bonchev–Trinajstić information content (AvgIpc) is 3.63. The maximum Gasteiger partial charge on any atom is 0.351 e. The van der Waals surface area contributed by atoms with E-state index in [-0.39, 0.29) is 36.3 Å². The quantitative estimate of drug-likeness (QED) is 0.0683. The van der Waals surface area contributed by atoms with Crippen LogP contribution in [-0.4, -0.2) is 65.2 Å². The summed E-state index contributed by atoms with van der Waals surface area (Å²) in [5.41, 5.74) is 2.23. The number of hydrogen-bond acceptors (Lipinski definition) is 9. The van der Waals surface area contributed by atoms with Gasteiger partial charge in [0.05, 0.1) is 26.9 Å². The van der Waals surface area contributed by atoms with E-state index >= 15 is 0 Å². The highest BCUT2D eigenvalue weighted by Crippen LogP contribution is 2.52. The summed E-state index contributed by atoms with van der Waals surface area (Å²) >= 11 is 0. The van der Waals surface area contributed by atoms with E-state index < -0.39 is 38.0 Å². The summed E-state index contributed by atoms with van der Waals surface area (Å²) in [5, 5.41) is 2.73. The maximum absolute atomic E-state index is 13.6. The second-order valence-corrected chi connectivity index (χ2v) is 17.2. The van der Waals surface area contributed by atoms with Crippen LogP contribution < -0.4 is 20.5 Å². The highest BCUT2D eigenvalue weighted by atomic mass is 31.2. The molecule has 1 aliphatic heterocycles. The van der Waals surface area contributed by atoms with Crippen molar-refractivity contribution in [3.8, 4) is 11.5 Å². The molecule has 4 aromatic carbocycles. The van der Waals surface area contributed by atoms with Crippen molar-refractivity contribution in [1.29, 1.82) is 0 Å². The Hall–Kier alpha value is -4.90. The number of carbonyl (C=O) groups is 1. The first-order valence-electron chi connectivity index (χ1n) is 20.2. The molecule has 6 rings (SSSR count). The molecule has 1 fully saturated rings. The first-order chi connectivity index (χ1) is 28.4. The molecule has 11 nitrogen and oxygen atoms in total. The Morgan fingerprint density at radius 1 is 0.814 bits per heavy atom. The van der Waals surface area contributed by atoms with Gasteiger partial charge in [-0.1, -0.05) is 98.8 Å². The number of anilines is 1. The Bertz CT molecular complexity index is 2090. The Kier molecular flexibility index (Phi) is 14.7. The zero-order valence-electron chi connectivity index (χ0n) is 35.3. The average molecular weight is 821 g/mol. The van der Waals surface area contributed by atoms with Gasteiger partial charge in [0.25, 0.3) is 0 Å². The van der Waals surface area contributed by atoms with Crippen LogP contribution in [0, 0.1) is 5.92 Å². The molecule has 312 valence electrons. The fourth-order valence-electron chi connectivity index (χ4n) is 7.57. The second-order valence-electron chi connectivity index (χ2n) is 15.5. The van der Waals surface area contributed by atoms with E-state index in [4.69, 9.17) is 23.5 Å². The van der Waals surface area contributed by atoms with E-state index in [1.165, 1.54) is 10.1 Å². The van der Waals surface area contributed by atoms with E-state index in [9.17, 15) is 9.59 Å². The van der Waals surface area contributed by atoms with Gasteiger partial charge in [0, 0.05) is 36.8 Å². The number of nitrogens with one attached hydrogen (secondary N) is 1. The molecule has 1 amide bonds. The molecule has 1 aliphatic rings. The molecule has 1 unspecified atom stereocenters. The highest BCUT2D eigenvalue weighted by molar-refractivity contribution is 7.49. The van der Waals surface area contributed by atoms with Gasteiger partial charge in [0.2, 0.25) is 5.91 Å². The van der Waals surface area contributed by atoms with Gasteiger partial charge in [-0.05, 0) is 80.3 Å². The fourth-order valence-corrected chi connectivity index (χ4v) is 10.0. The summed E-state index contributed by atoms with van der Waals surface area (Å²) in [4.78, 5) is 30.3. The summed E-state index contributed by atoms with van der Waals surface area (Å²) in [7, 11) is 2.10. The minimum Gasteiger partial charge on any atom is -0.497 e. The van der Waals surface area contributed by atoms with Crippen molar-refractivity contribution in [1.82, 2.24) is 14.2 Å². The lowest BCUT2D eigenvalue weighted by atomic mass is 9.80. The monoisotopic (exact) mass is 820 g/mol. The van der Waals surface area contributed by atoms with Gasteiger partial charge in [0.15, 0.2) is 0 Å². The molecule has 1 N–H and O–H groups in total. The number of aromatic nitrogens is 2. The summed E-state index contributed by atoms with van der Waals surface area (Å²) in [6.07, 6.45) is 0.917. The molecule has 1 saturated heterocycles. The smallest absolute Gasteiger partial charge is 0.351 e. The van der Waals surface area contributed by atoms with Crippen LogP contribution in [0.15, 0.2) is 126 Å². The van der Waals surface area contributed by atoms with Crippen LogP contribution in [0.25, 0.3) is 0 Å². The van der Waals surface area contributed by atoms with Gasteiger partial charge in [-0.3, -0.25) is 14.0 Å². The maximum atomic E-state index is 13.6. The topological polar surface area (TPSA) is 113 Å². The summed E-state index contributed by atoms with van der Waals surface area (Å²) < 4.78 is 36.6. The first-order valence-corrected chi connectivity index (χ1v) is 21.6. The molecule has 2 heterocycles. The molecular weight excluding hydrogens is 764 g/mol. The van der Waals surface area contributed by atoms with Crippen molar-refractivity contribution in [2.45, 2.75) is 90.2 Å². The third-order valence-corrected chi connectivity index (χ3v) is 13.1. The van der Waals surface area contributed by atoms with Crippen molar-refractivity contribution in [2.24, 2.45) is 5.92 Å².